The first kappa shape index (κ1) is 16.6. The van der Waals surface area contributed by atoms with Crippen molar-refractivity contribution >= 4 is 6.09 Å². The van der Waals surface area contributed by atoms with Gasteiger partial charge in [0.2, 0.25) is 0 Å². The molecule has 0 aromatic carbocycles. The lowest BCUT2D eigenvalue weighted by molar-refractivity contribution is 0.0161. The van der Waals surface area contributed by atoms with Gasteiger partial charge in [0.05, 0.1) is 0 Å². The van der Waals surface area contributed by atoms with Crippen molar-refractivity contribution in [3.05, 3.63) is 10.4 Å². The maximum Gasteiger partial charge on any atom is 0.410 e. The number of ether oxygens (including phenoxy) is 1. The van der Waals surface area contributed by atoms with E-state index in [1.165, 1.54) is 0 Å². The summed E-state index contributed by atoms with van der Waals surface area (Å²) in [5, 5.41) is 3.59. The topological polar surface area (TPSA) is 78.3 Å². The smallest absolute Gasteiger partial charge is 0.410 e. The Morgan fingerprint density at radius 1 is 1.45 bits per heavy atom. The fourth-order valence-corrected chi connectivity index (χ4v) is 2.52. The van der Waals surface area contributed by atoms with Crippen molar-refractivity contribution in [3.8, 4) is 0 Å². The van der Waals surface area contributed by atoms with Crippen LogP contribution >= 0.6 is 0 Å². The highest BCUT2D eigenvalue weighted by Gasteiger charge is 2.28. The second-order valence-corrected chi connectivity index (χ2v) is 6.53. The van der Waals surface area contributed by atoms with Gasteiger partial charge in [-0.25, -0.2) is 4.79 Å². The number of rotatable bonds is 4. The van der Waals surface area contributed by atoms with E-state index in [1.807, 2.05) is 20.8 Å². The Bertz CT molecular complexity index is 364. The fraction of sp³-hybridized carbons (Fsp3) is 0.929. The monoisotopic (exact) mass is 282 g/mol. The molecule has 1 unspecified atom stereocenters. The molecule has 0 radical (unpaired) electrons. The summed E-state index contributed by atoms with van der Waals surface area (Å²) in [6.07, 6.45) is 2.70. The number of likely N-dealkylation sites (tertiary alicyclic amines) is 1. The first-order valence-electron chi connectivity index (χ1n) is 7.32. The molecule has 1 atom stereocenters. The van der Waals surface area contributed by atoms with Crippen LogP contribution < -0.4 is 0 Å². The van der Waals surface area contributed by atoms with Gasteiger partial charge in [0, 0.05) is 24.5 Å². The number of carbonyl (C=O) groups excluding carboxylic acids is 1. The van der Waals surface area contributed by atoms with E-state index in [1.54, 1.807) is 4.90 Å². The third-order valence-electron chi connectivity index (χ3n) is 3.74. The first-order valence-corrected chi connectivity index (χ1v) is 7.32. The Kier molecular flexibility index (Phi) is 6.14. The molecular formula is C14H26N4O2. The third kappa shape index (κ3) is 5.70. The van der Waals surface area contributed by atoms with Crippen molar-refractivity contribution in [2.45, 2.75) is 52.6 Å². The molecule has 6 nitrogen and oxygen atoms in total. The lowest BCUT2D eigenvalue weighted by Crippen LogP contribution is -2.42. The molecule has 0 aromatic rings. The Hall–Kier alpha value is -1.42. The highest BCUT2D eigenvalue weighted by Crippen LogP contribution is 2.27. The van der Waals surface area contributed by atoms with Crippen LogP contribution in [0.25, 0.3) is 10.4 Å². The second-order valence-electron chi connectivity index (χ2n) is 6.53. The fourth-order valence-electron chi connectivity index (χ4n) is 2.52. The van der Waals surface area contributed by atoms with Crippen LogP contribution in [0.5, 0.6) is 0 Å². The van der Waals surface area contributed by atoms with Crippen LogP contribution in [0.2, 0.25) is 0 Å². The summed E-state index contributed by atoms with van der Waals surface area (Å²) in [7, 11) is 0. The van der Waals surface area contributed by atoms with Gasteiger partial charge >= 0.3 is 6.09 Å². The van der Waals surface area contributed by atoms with E-state index in [0.717, 1.165) is 32.4 Å². The molecule has 0 bridgehead atoms. The molecule has 0 spiro atoms. The van der Waals surface area contributed by atoms with Crippen LogP contribution in [-0.2, 0) is 4.74 Å². The van der Waals surface area contributed by atoms with Gasteiger partial charge in [-0.05, 0) is 57.4 Å². The zero-order valence-electron chi connectivity index (χ0n) is 13.0. The molecule has 1 fully saturated rings. The largest absolute Gasteiger partial charge is 0.444 e. The van der Waals surface area contributed by atoms with Crippen LogP contribution in [0, 0.1) is 11.8 Å². The zero-order valence-corrected chi connectivity index (χ0v) is 13.0. The minimum atomic E-state index is -0.434. The maximum absolute atomic E-state index is 11.9. The normalized spacial score (nSPS) is 18.3. The predicted molar refractivity (Wildman–Crippen MR) is 78.3 cm³/mol. The lowest BCUT2D eigenvalue weighted by atomic mass is 9.84. The van der Waals surface area contributed by atoms with Gasteiger partial charge in [0.25, 0.3) is 0 Å². The minimum Gasteiger partial charge on any atom is -0.444 e. The van der Waals surface area contributed by atoms with Gasteiger partial charge in [0.1, 0.15) is 5.60 Å². The summed E-state index contributed by atoms with van der Waals surface area (Å²) in [4.78, 5) is 16.5. The molecule has 1 aliphatic rings. The van der Waals surface area contributed by atoms with Gasteiger partial charge in [-0.2, -0.15) is 0 Å². The van der Waals surface area contributed by atoms with Crippen LogP contribution in [0.3, 0.4) is 0 Å². The van der Waals surface area contributed by atoms with Crippen molar-refractivity contribution in [2.24, 2.45) is 17.0 Å². The van der Waals surface area contributed by atoms with Crippen LogP contribution in [0.15, 0.2) is 5.11 Å². The Morgan fingerprint density at radius 2 is 2.05 bits per heavy atom. The number of carbonyl (C=O) groups is 1. The molecule has 6 heteroatoms. The molecule has 0 N–H and O–H groups in total. The number of hydrogen-bond acceptors (Lipinski definition) is 3. The Morgan fingerprint density at radius 3 is 2.55 bits per heavy atom. The molecule has 0 saturated carbocycles. The predicted octanol–water partition coefficient (Wildman–Crippen LogP) is 3.97. The molecular weight excluding hydrogens is 256 g/mol. The molecule has 0 aromatic heterocycles. The average Bonchev–Trinajstić information content (AvgIpc) is 2.37. The summed E-state index contributed by atoms with van der Waals surface area (Å²) in [6.45, 7) is 9.92. The summed E-state index contributed by atoms with van der Waals surface area (Å²) >= 11 is 0. The molecule has 1 heterocycles. The van der Waals surface area contributed by atoms with Gasteiger partial charge in [-0.15, -0.1) is 0 Å². The summed E-state index contributed by atoms with van der Waals surface area (Å²) in [6, 6.07) is 0. The summed E-state index contributed by atoms with van der Waals surface area (Å²) < 4.78 is 5.38. The number of hydrogen-bond donors (Lipinski definition) is 0. The van der Waals surface area contributed by atoms with Crippen LogP contribution in [0.1, 0.15) is 47.0 Å². The third-order valence-corrected chi connectivity index (χ3v) is 3.74. The SMILES string of the molecule is CC(CCN=[N+]=[N-])C1CCN(C(=O)OC(C)(C)C)CC1. The molecule has 1 saturated heterocycles. The molecule has 114 valence electrons. The van der Waals surface area contributed by atoms with Gasteiger partial charge in [-0.3, -0.25) is 0 Å². The van der Waals surface area contributed by atoms with Crippen LogP contribution in [-0.4, -0.2) is 36.2 Å². The lowest BCUT2D eigenvalue weighted by Gasteiger charge is -2.35. The first-order chi connectivity index (χ1) is 9.33. The second kappa shape index (κ2) is 7.39. The van der Waals surface area contributed by atoms with Crippen molar-refractivity contribution in [1.82, 2.24) is 4.90 Å². The van der Waals surface area contributed by atoms with Gasteiger partial charge < -0.3 is 9.64 Å². The van der Waals surface area contributed by atoms with Crippen molar-refractivity contribution in [3.63, 3.8) is 0 Å². The van der Waals surface area contributed by atoms with E-state index in [2.05, 4.69) is 16.9 Å². The molecule has 1 aliphatic heterocycles. The van der Waals surface area contributed by atoms with Crippen molar-refractivity contribution < 1.29 is 9.53 Å². The minimum absolute atomic E-state index is 0.210. The van der Waals surface area contributed by atoms with E-state index in [0.29, 0.717) is 18.4 Å². The average molecular weight is 282 g/mol. The summed E-state index contributed by atoms with van der Waals surface area (Å²) in [5.74, 6) is 1.13. The van der Waals surface area contributed by atoms with E-state index in [9.17, 15) is 4.79 Å². The molecule has 20 heavy (non-hydrogen) atoms. The molecule has 1 rings (SSSR count). The molecule has 1 amide bonds. The Labute approximate surface area is 121 Å². The van der Waals surface area contributed by atoms with Crippen molar-refractivity contribution in [1.29, 1.82) is 0 Å². The Balaban J connectivity index is 2.35. The summed E-state index contributed by atoms with van der Waals surface area (Å²) in [5.41, 5.74) is 7.84. The van der Waals surface area contributed by atoms with Gasteiger partial charge in [0.15, 0.2) is 0 Å². The maximum atomic E-state index is 11.9. The van der Waals surface area contributed by atoms with Crippen molar-refractivity contribution in [2.75, 3.05) is 19.6 Å². The van der Waals surface area contributed by atoms with Gasteiger partial charge in [-0.1, -0.05) is 12.0 Å². The molecule has 0 aliphatic carbocycles. The number of nitrogens with zero attached hydrogens (tertiary/aromatic N) is 4. The van der Waals surface area contributed by atoms with E-state index >= 15 is 0 Å². The highest BCUT2D eigenvalue weighted by atomic mass is 16.6. The van der Waals surface area contributed by atoms with E-state index in [4.69, 9.17) is 10.3 Å². The number of piperidine rings is 1. The number of azide groups is 1. The van der Waals surface area contributed by atoms with E-state index < -0.39 is 5.60 Å². The standard InChI is InChI=1S/C14H26N4O2/c1-11(5-8-16-17-15)12-6-9-18(10-7-12)13(19)20-14(2,3)4/h11-12H,5-10H2,1-4H3. The zero-order chi connectivity index (χ0) is 15.2. The highest BCUT2D eigenvalue weighted by molar-refractivity contribution is 5.68. The quantitative estimate of drug-likeness (QED) is 0.444. The van der Waals surface area contributed by atoms with E-state index in [-0.39, 0.29) is 6.09 Å². The number of amides is 1. The van der Waals surface area contributed by atoms with Crippen LogP contribution in [0.4, 0.5) is 4.79 Å².